The van der Waals surface area contributed by atoms with Crippen molar-refractivity contribution in [2.24, 2.45) is 0 Å². The Morgan fingerprint density at radius 3 is 2.55 bits per heavy atom. The number of benzene rings is 2. The minimum absolute atomic E-state index is 0.0419. The number of rotatable bonds is 3. The zero-order chi connectivity index (χ0) is 14.5. The molecule has 0 bridgehead atoms. The quantitative estimate of drug-likeness (QED) is 0.365. The van der Waals surface area contributed by atoms with Gasteiger partial charge in [0.25, 0.3) is 5.69 Å². The predicted octanol–water partition coefficient (Wildman–Crippen LogP) is 4.31. The molecule has 0 N–H and O–H groups in total. The smallest absolute Gasteiger partial charge is 0.258 e. The monoisotopic (exact) mass is 284 g/mol. The zero-order valence-electron chi connectivity index (χ0n) is 10.3. The Hall–Kier alpha value is -2.64. The van der Waals surface area contributed by atoms with Crippen LogP contribution in [0, 0.1) is 21.4 Å². The first kappa shape index (κ1) is 13.8. The second-order valence-electron chi connectivity index (χ2n) is 4.03. The molecule has 4 nitrogen and oxygen atoms in total. The van der Waals surface area contributed by atoms with Crippen LogP contribution in [0.15, 0.2) is 48.5 Å². The van der Waals surface area contributed by atoms with Gasteiger partial charge in [0.15, 0.2) is 0 Å². The van der Waals surface area contributed by atoms with E-state index in [9.17, 15) is 15.4 Å². The molecule has 0 saturated carbocycles. The molecule has 2 aromatic carbocycles. The molecule has 0 spiro atoms. The third-order valence-electron chi connectivity index (χ3n) is 2.67. The van der Waals surface area contributed by atoms with Gasteiger partial charge in [-0.15, -0.1) is 0 Å². The Morgan fingerprint density at radius 1 is 1.25 bits per heavy atom. The lowest BCUT2D eigenvalue weighted by Gasteiger charge is -2.00. The first-order valence-corrected chi connectivity index (χ1v) is 6.10. The summed E-state index contributed by atoms with van der Waals surface area (Å²) in [5.41, 5.74) is 1.63. The molecule has 0 aliphatic heterocycles. The number of nitriles is 1. The molecule has 2 aromatic rings. The second-order valence-corrected chi connectivity index (χ2v) is 4.47. The molecule has 0 saturated heterocycles. The lowest BCUT2D eigenvalue weighted by molar-refractivity contribution is -0.384. The maximum Gasteiger partial charge on any atom is 0.270 e. The SMILES string of the molecule is N#CC(=Cc1ccc(Cl)cc1)c1cccc([N+](=O)[O-])c1. The predicted molar refractivity (Wildman–Crippen MR) is 78.0 cm³/mol. The summed E-state index contributed by atoms with van der Waals surface area (Å²) in [6.45, 7) is 0. The van der Waals surface area contributed by atoms with E-state index in [1.165, 1.54) is 12.1 Å². The molecule has 0 aliphatic carbocycles. The molecule has 0 unspecified atom stereocenters. The number of nitro benzene ring substituents is 1. The number of hydrogen-bond donors (Lipinski definition) is 0. The molecule has 0 amide bonds. The summed E-state index contributed by atoms with van der Waals surface area (Å²) in [7, 11) is 0. The van der Waals surface area contributed by atoms with E-state index in [1.807, 2.05) is 0 Å². The van der Waals surface area contributed by atoms with Gasteiger partial charge >= 0.3 is 0 Å². The van der Waals surface area contributed by atoms with E-state index in [1.54, 1.807) is 42.5 Å². The fourth-order valence-electron chi connectivity index (χ4n) is 1.69. The van der Waals surface area contributed by atoms with Crippen molar-refractivity contribution in [2.75, 3.05) is 0 Å². The van der Waals surface area contributed by atoms with Crippen LogP contribution in [0.3, 0.4) is 0 Å². The molecule has 0 radical (unpaired) electrons. The molecule has 0 atom stereocenters. The summed E-state index contributed by atoms with van der Waals surface area (Å²) in [5, 5.41) is 20.6. The van der Waals surface area contributed by atoms with Gasteiger partial charge in [-0.2, -0.15) is 5.26 Å². The highest BCUT2D eigenvalue weighted by atomic mass is 35.5. The molecule has 0 aliphatic rings. The first-order chi connectivity index (χ1) is 9.60. The molecule has 5 heteroatoms. The maximum absolute atomic E-state index is 10.7. The number of non-ortho nitro benzene ring substituents is 1. The summed E-state index contributed by atoms with van der Waals surface area (Å²) in [6.07, 6.45) is 1.66. The van der Waals surface area contributed by atoms with Crippen LogP contribution in [0.4, 0.5) is 5.69 Å². The third kappa shape index (κ3) is 3.22. The fraction of sp³-hybridized carbons (Fsp3) is 0. The number of nitrogens with zero attached hydrogens (tertiary/aromatic N) is 2. The molecule has 98 valence electrons. The van der Waals surface area contributed by atoms with Gasteiger partial charge in [-0.1, -0.05) is 35.9 Å². The average molecular weight is 285 g/mol. The van der Waals surface area contributed by atoms with Crippen LogP contribution in [0.5, 0.6) is 0 Å². The van der Waals surface area contributed by atoms with E-state index in [2.05, 4.69) is 6.07 Å². The minimum Gasteiger partial charge on any atom is -0.258 e. The van der Waals surface area contributed by atoms with Crippen LogP contribution in [-0.4, -0.2) is 4.92 Å². The highest BCUT2D eigenvalue weighted by molar-refractivity contribution is 6.30. The summed E-state index contributed by atoms with van der Waals surface area (Å²) in [4.78, 5) is 10.3. The molecule has 0 fully saturated rings. The summed E-state index contributed by atoms with van der Waals surface area (Å²) in [5.74, 6) is 0. The highest BCUT2D eigenvalue weighted by Crippen LogP contribution is 2.22. The summed E-state index contributed by atoms with van der Waals surface area (Å²) >= 11 is 5.79. The Labute approximate surface area is 120 Å². The van der Waals surface area contributed by atoms with Crippen molar-refractivity contribution in [3.8, 4) is 6.07 Å². The molecule has 0 aromatic heterocycles. The minimum atomic E-state index is -0.485. The van der Waals surface area contributed by atoms with Crippen LogP contribution < -0.4 is 0 Å². The molecule has 2 rings (SSSR count). The molecule has 20 heavy (non-hydrogen) atoms. The Bertz CT molecular complexity index is 715. The van der Waals surface area contributed by atoms with Crippen molar-refractivity contribution in [3.05, 3.63) is 74.8 Å². The van der Waals surface area contributed by atoms with Crippen LogP contribution in [0.2, 0.25) is 5.02 Å². The molecular weight excluding hydrogens is 276 g/mol. The topological polar surface area (TPSA) is 66.9 Å². The normalized spacial score (nSPS) is 10.9. The fourth-order valence-corrected chi connectivity index (χ4v) is 1.82. The van der Waals surface area contributed by atoms with Crippen LogP contribution >= 0.6 is 11.6 Å². The largest absolute Gasteiger partial charge is 0.270 e. The first-order valence-electron chi connectivity index (χ1n) is 5.72. The zero-order valence-corrected chi connectivity index (χ0v) is 11.0. The van der Waals surface area contributed by atoms with E-state index >= 15 is 0 Å². The summed E-state index contributed by atoms with van der Waals surface area (Å²) in [6, 6.07) is 15.0. The maximum atomic E-state index is 10.7. The van der Waals surface area contributed by atoms with E-state index in [0.29, 0.717) is 16.2 Å². The van der Waals surface area contributed by atoms with Crippen LogP contribution in [-0.2, 0) is 0 Å². The van der Waals surface area contributed by atoms with Gasteiger partial charge < -0.3 is 0 Å². The van der Waals surface area contributed by atoms with Crippen molar-refractivity contribution < 1.29 is 4.92 Å². The Kier molecular flexibility index (Phi) is 4.14. The standard InChI is InChI=1S/C15H9ClN2O2/c16-14-6-4-11(5-7-14)8-13(10-17)12-2-1-3-15(9-12)18(19)20/h1-9H. The molecule has 0 heterocycles. The Morgan fingerprint density at radius 2 is 1.95 bits per heavy atom. The van der Waals surface area contributed by atoms with Gasteiger partial charge in [-0.3, -0.25) is 10.1 Å². The van der Waals surface area contributed by atoms with Crippen molar-refractivity contribution in [1.29, 1.82) is 5.26 Å². The Balaban J connectivity index is 2.42. The molecular formula is C15H9ClN2O2. The third-order valence-corrected chi connectivity index (χ3v) is 2.92. The van der Waals surface area contributed by atoms with Gasteiger partial charge in [0, 0.05) is 17.2 Å². The van der Waals surface area contributed by atoms with E-state index in [-0.39, 0.29) is 5.69 Å². The summed E-state index contributed by atoms with van der Waals surface area (Å²) < 4.78 is 0. The average Bonchev–Trinajstić information content (AvgIpc) is 2.46. The van der Waals surface area contributed by atoms with Gasteiger partial charge in [-0.25, -0.2) is 0 Å². The van der Waals surface area contributed by atoms with Gasteiger partial charge in [0.2, 0.25) is 0 Å². The van der Waals surface area contributed by atoms with Crippen molar-refractivity contribution in [2.45, 2.75) is 0 Å². The van der Waals surface area contributed by atoms with Gasteiger partial charge in [0.1, 0.15) is 0 Å². The van der Waals surface area contributed by atoms with Gasteiger partial charge in [-0.05, 0) is 29.3 Å². The van der Waals surface area contributed by atoms with Crippen LogP contribution in [0.25, 0.3) is 11.6 Å². The van der Waals surface area contributed by atoms with E-state index in [0.717, 1.165) is 5.56 Å². The van der Waals surface area contributed by atoms with Gasteiger partial charge in [0.05, 0.1) is 16.6 Å². The van der Waals surface area contributed by atoms with Crippen molar-refractivity contribution in [3.63, 3.8) is 0 Å². The lowest BCUT2D eigenvalue weighted by Crippen LogP contribution is -1.89. The van der Waals surface area contributed by atoms with Crippen molar-refractivity contribution in [1.82, 2.24) is 0 Å². The van der Waals surface area contributed by atoms with E-state index in [4.69, 9.17) is 11.6 Å². The number of nitro groups is 1. The highest BCUT2D eigenvalue weighted by Gasteiger charge is 2.08. The van der Waals surface area contributed by atoms with Crippen molar-refractivity contribution >= 4 is 28.9 Å². The second kappa shape index (κ2) is 6.00. The number of allylic oxidation sites excluding steroid dienone is 1. The lowest BCUT2D eigenvalue weighted by atomic mass is 10.0. The number of halogens is 1. The van der Waals surface area contributed by atoms with Crippen LogP contribution in [0.1, 0.15) is 11.1 Å². The number of hydrogen-bond acceptors (Lipinski definition) is 3. The van der Waals surface area contributed by atoms with E-state index < -0.39 is 4.92 Å².